The summed E-state index contributed by atoms with van der Waals surface area (Å²) in [6.07, 6.45) is 4.25. The molecule has 7 heteroatoms. The maximum Gasteiger partial charge on any atom is 0.159 e. The Kier molecular flexibility index (Phi) is 4.16. The maximum absolute atomic E-state index is 5.66. The summed E-state index contributed by atoms with van der Waals surface area (Å²) in [5, 5.41) is 14.1. The molecule has 5 nitrogen and oxygen atoms in total. The molecule has 1 unspecified atom stereocenters. The van der Waals surface area contributed by atoms with Crippen LogP contribution in [0.1, 0.15) is 30.0 Å². The monoisotopic (exact) mass is 279 g/mol. The second kappa shape index (κ2) is 5.83. The Labute approximate surface area is 114 Å². The molecule has 2 aromatic heterocycles. The molecule has 3 N–H and O–H groups in total. The first-order chi connectivity index (χ1) is 8.72. The molecule has 2 heterocycles. The highest BCUT2D eigenvalue weighted by molar-refractivity contribution is 7.80. The topological polar surface area (TPSA) is 76.7 Å². The van der Waals surface area contributed by atoms with Crippen molar-refractivity contribution in [3.63, 3.8) is 0 Å². The van der Waals surface area contributed by atoms with Crippen molar-refractivity contribution in [2.75, 3.05) is 5.32 Å². The Balaban J connectivity index is 2.25. The van der Waals surface area contributed by atoms with Gasteiger partial charge in [-0.25, -0.2) is 4.98 Å². The van der Waals surface area contributed by atoms with Gasteiger partial charge in [-0.05, 0) is 12.5 Å². The van der Waals surface area contributed by atoms with Gasteiger partial charge in [-0.15, -0.1) is 16.4 Å². The average molecular weight is 279 g/mol. The first-order valence-corrected chi connectivity index (χ1v) is 6.78. The van der Waals surface area contributed by atoms with Crippen LogP contribution in [0, 0.1) is 0 Å². The van der Waals surface area contributed by atoms with Gasteiger partial charge in [-0.1, -0.05) is 19.1 Å². The summed E-state index contributed by atoms with van der Waals surface area (Å²) < 4.78 is 0. The van der Waals surface area contributed by atoms with Crippen molar-refractivity contribution in [3.05, 3.63) is 34.4 Å². The molecule has 0 saturated carbocycles. The number of aromatic nitrogens is 3. The van der Waals surface area contributed by atoms with E-state index >= 15 is 0 Å². The number of rotatable bonds is 5. The zero-order valence-corrected chi connectivity index (χ0v) is 11.5. The van der Waals surface area contributed by atoms with Gasteiger partial charge >= 0.3 is 0 Å². The van der Waals surface area contributed by atoms with Gasteiger partial charge in [-0.2, -0.15) is 5.10 Å². The van der Waals surface area contributed by atoms with Crippen molar-refractivity contribution in [2.45, 2.75) is 19.4 Å². The van der Waals surface area contributed by atoms with Crippen LogP contribution >= 0.6 is 23.6 Å². The molecule has 18 heavy (non-hydrogen) atoms. The molecule has 0 spiro atoms. The van der Waals surface area contributed by atoms with E-state index in [4.69, 9.17) is 18.0 Å². The van der Waals surface area contributed by atoms with Crippen molar-refractivity contribution in [3.8, 4) is 0 Å². The first kappa shape index (κ1) is 12.8. The summed E-state index contributed by atoms with van der Waals surface area (Å²) >= 11 is 6.60. The van der Waals surface area contributed by atoms with Crippen LogP contribution in [0.5, 0.6) is 0 Å². The van der Waals surface area contributed by atoms with E-state index in [2.05, 4.69) is 27.4 Å². The smallest absolute Gasteiger partial charge is 0.159 e. The molecule has 0 radical (unpaired) electrons. The molecule has 0 bridgehead atoms. The molecule has 0 aliphatic rings. The number of nitrogens with one attached hydrogen (secondary N) is 1. The third kappa shape index (κ3) is 2.80. The Bertz CT molecular complexity index is 526. The zero-order valence-electron chi connectivity index (χ0n) is 9.83. The van der Waals surface area contributed by atoms with E-state index in [1.165, 1.54) is 0 Å². The number of thiazole rings is 1. The molecule has 2 aromatic rings. The van der Waals surface area contributed by atoms with Crippen molar-refractivity contribution >= 4 is 34.4 Å². The van der Waals surface area contributed by atoms with Crippen LogP contribution in [0.4, 0.5) is 5.82 Å². The Morgan fingerprint density at radius 3 is 3.00 bits per heavy atom. The van der Waals surface area contributed by atoms with Gasteiger partial charge in [0.2, 0.25) is 0 Å². The quantitative estimate of drug-likeness (QED) is 0.817. The predicted octanol–water partition coefficient (Wildman–Crippen LogP) is 2.13. The van der Waals surface area contributed by atoms with Crippen molar-refractivity contribution in [2.24, 2.45) is 5.73 Å². The highest BCUT2D eigenvalue weighted by Crippen LogP contribution is 2.24. The second-order valence-electron chi connectivity index (χ2n) is 3.63. The van der Waals surface area contributed by atoms with E-state index in [1.54, 1.807) is 29.8 Å². The van der Waals surface area contributed by atoms with E-state index in [0.29, 0.717) is 16.4 Å². The number of anilines is 1. The van der Waals surface area contributed by atoms with Gasteiger partial charge in [0, 0.05) is 11.6 Å². The molecule has 0 fully saturated rings. The fourth-order valence-corrected chi connectivity index (χ4v) is 2.48. The van der Waals surface area contributed by atoms with Gasteiger partial charge in [0.15, 0.2) is 5.82 Å². The van der Waals surface area contributed by atoms with Crippen LogP contribution in [0.3, 0.4) is 0 Å². The Morgan fingerprint density at radius 2 is 2.39 bits per heavy atom. The molecule has 1 atom stereocenters. The normalized spacial score (nSPS) is 12.1. The van der Waals surface area contributed by atoms with Crippen LogP contribution in [-0.2, 0) is 0 Å². The predicted molar refractivity (Wildman–Crippen MR) is 76.7 cm³/mol. The first-order valence-electron chi connectivity index (χ1n) is 5.49. The maximum atomic E-state index is 5.66. The summed E-state index contributed by atoms with van der Waals surface area (Å²) in [4.78, 5) is 4.61. The van der Waals surface area contributed by atoms with Gasteiger partial charge < -0.3 is 11.1 Å². The van der Waals surface area contributed by atoms with Crippen LogP contribution < -0.4 is 11.1 Å². The van der Waals surface area contributed by atoms with E-state index in [0.717, 1.165) is 11.4 Å². The number of thiocarbonyl (C=S) groups is 1. The van der Waals surface area contributed by atoms with Crippen LogP contribution in [0.2, 0.25) is 0 Å². The fourth-order valence-electron chi connectivity index (χ4n) is 1.55. The molecule has 0 aromatic carbocycles. The highest BCUT2D eigenvalue weighted by atomic mass is 32.1. The van der Waals surface area contributed by atoms with E-state index in [-0.39, 0.29) is 6.04 Å². The summed E-state index contributed by atoms with van der Waals surface area (Å²) in [6.45, 7) is 2.08. The average Bonchev–Trinajstić information content (AvgIpc) is 2.90. The van der Waals surface area contributed by atoms with E-state index in [1.807, 2.05) is 5.38 Å². The third-order valence-corrected chi connectivity index (χ3v) is 3.56. The number of nitrogens with two attached hydrogens (primary N) is 1. The summed E-state index contributed by atoms with van der Waals surface area (Å²) in [6, 6.07) is 1.85. The minimum atomic E-state index is 0.0924. The van der Waals surface area contributed by atoms with Gasteiger partial charge in [0.05, 0.1) is 17.8 Å². The van der Waals surface area contributed by atoms with E-state index in [9.17, 15) is 0 Å². The van der Waals surface area contributed by atoms with Crippen molar-refractivity contribution in [1.29, 1.82) is 0 Å². The molecular formula is C11H13N5S2. The highest BCUT2D eigenvalue weighted by Gasteiger charge is 2.15. The molecular weight excluding hydrogens is 266 g/mol. The van der Waals surface area contributed by atoms with Gasteiger partial charge in [0.1, 0.15) is 10.00 Å². The molecule has 94 valence electrons. The molecule has 0 amide bonds. The van der Waals surface area contributed by atoms with Crippen LogP contribution in [-0.4, -0.2) is 20.2 Å². The van der Waals surface area contributed by atoms with Crippen molar-refractivity contribution in [1.82, 2.24) is 15.2 Å². The number of hydrogen-bond acceptors (Lipinski definition) is 6. The lowest BCUT2D eigenvalue weighted by molar-refractivity contribution is 0.733. The molecule has 0 aliphatic carbocycles. The third-order valence-electron chi connectivity index (χ3n) is 2.45. The van der Waals surface area contributed by atoms with Crippen LogP contribution in [0.25, 0.3) is 0 Å². The lowest BCUT2D eigenvalue weighted by Crippen LogP contribution is -2.17. The number of hydrogen-bond donors (Lipinski definition) is 2. The van der Waals surface area contributed by atoms with Crippen LogP contribution in [0.15, 0.2) is 23.8 Å². The van der Waals surface area contributed by atoms with E-state index < -0.39 is 0 Å². The summed E-state index contributed by atoms with van der Waals surface area (Å²) in [5.41, 5.74) is 6.36. The number of nitrogens with zero attached hydrogens (tertiary/aromatic N) is 3. The fraction of sp³-hybridized carbons (Fsp3) is 0.273. The largest absolute Gasteiger partial charge is 0.389 e. The molecule has 0 aliphatic heterocycles. The SMILES string of the molecule is CCC(Nc1nnccc1C(N)=S)c1nccs1. The molecule has 2 rings (SSSR count). The minimum Gasteiger partial charge on any atom is -0.389 e. The zero-order chi connectivity index (χ0) is 13.0. The summed E-state index contributed by atoms with van der Waals surface area (Å²) in [5.74, 6) is 0.604. The standard InChI is InChI=1S/C11H13N5S2/c1-2-8(11-13-5-6-18-11)15-10-7(9(12)17)3-4-14-16-10/h3-6,8H,2H2,1H3,(H2,12,17)(H,15,16). The summed E-state index contributed by atoms with van der Waals surface area (Å²) in [7, 11) is 0. The lowest BCUT2D eigenvalue weighted by atomic mass is 10.2. The molecule has 0 saturated heterocycles. The van der Waals surface area contributed by atoms with Crippen molar-refractivity contribution < 1.29 is 0 Å². The minimum absolute atomic E-state index is 0.0924. The van der Waals surface area contributed by atoms with Gasteiger partial charge in [-0.3, -0.25) is 0 Å². The Morgan fingerprint density at radius 1 is 1.56 bits per heavy atom. The van der Waals surface area contributed by atoms with Gasteiger partial charge in [0.25, 0.3) is 0 Å². The second-order valence-corrected chi connectivity index (χ2v) is 5.00. The Hall–Kier alpha value is -1.60. The lowest BCUT2D eigenvalue weighted by Gasteiger charge is -2.16.